The van der Waals surface area contributed by atoms with Crippen LogP contribution in [0.5, 0.6) is 5.88 Å². The Kier molecular flexibility index (Phi) is 5.79. The average Bonchev–Trinajstić information content (AvgIpc) is 2.87. The van der Waals surface area contributed by atoms with E-state index in [1.54, 1.807) is 19.4 Å². The number of aromatic nitrogens is 3. The molecule has 1 amide bonds. The normalized spacial score (nSPS) is 20.0. The highest BCUT2D eigenvalue weighted by Gasteiger charge is 2.35. The lowest BCUT2D eigenvalue weighted by Gasteiger charge is -2.38. The Labute approximate surface area is 159 Å². The lowest BCUT2D eigenvalue weighted by atomic mass is 9.75. The van der Waals surface area contributed by atoms with E-state index in [1.165, 1.54) is 0 Å². The summed E-state index contributed by atoms with van der Waals surface area (Å²) in [6, 6.07) is 3.58. The maximum atomic E-state index is 12.6. The molecular weight excluding hydrogens is 344 g/mol. The van der Waals surface area contributed by atoms with Crippen LogP contribution in [0.3, 0.4) is 0 Å². The van der Waals surface area contributed by atoms with Crippen molar-refractivity contribution in [2.45, 2.75) is 51.7 Å². The SMILES string of the molecule is COc1ccc([C@@H](NC(=O)CCc2c(C)nn(C)c2C)C2CC(O)C2)cn1. The second-order valence-electron chi connectivity index (χ2n) is 7.34. The summed E-state index contributed by atoms with van der Waals surface area (Å²) in [6.45, 7) is 4.00. The van der Waals surface area contributed by atoms with Crippen molar-refractivity contribution in [3.63, 3.8) is 0 Å². The number of rotatable bonds is 7. The molecule has 3 rings (SSSR count). The van der Waals surface area contributed by atoms with Gasteiger partial charge < -0.3 is 15.2 Å². The summed E-state index contributed by atoms with van der Waals surface area (Å²) in [5, 5.41) is 17.2. The molecule has 7 heteroatoms. The van der Waals surface area contributed by atoms with E-state index in [-0.39, 0.29) is 24.0 Å². The molecule has 2 heterocycles. The van der Waals surface area contributed by atoms with Crippen molar-refractivity contribution in [3.8, 4) is 5.88 Å². The van der Waals surface area contributed by atoms with Crippen LogP contribution in [0.2, 0.25) is 0 Å². The van der Waals surface area contributed by atoms with Gasteiger partial charge in [0, 0.05) is 31.4 Å². The van der Waals surface area contributed by atoms with E-state index in [9.17, 15) is 9.90 Å². The molecule has 1 atom stereocenters. The molecule has 0 aliphatic heterocycles. The molecule has 2 aromatic rings. The molecule has 7 nitrogen and oxygen atoms in total. The van der Waals surface area contributed by atoms with Gasteiger partial charge in [0.1, 0.15) is 0 Å². The third-order valence-corrected chi connectivity index (χ3v) is 5.53. The quantitative estimate of drug-likeness (QED) is 0.776. The zero-order chi connectivity index (χ0) is 19.6. The number of aliphatic hydroxyl groups excluding tert-OH is 1. The van der Waals surface area contributed by atoms with Crippen molar-refractivity contribution in [2.24, 2.45) is 13.0 Å². The fraction of sp³-hybridized carbons (Fsp3) is 0.550. The van der Waals surface area contributed by atoms with Crippen LogP contribution >= 0.6 is 0 Å². The van der Waals surface area contributed by atoms with Gasteiger partial charge in [-0.3, -0.25) is 9.48 Å². The van der Waals surface area contributed by atoms with Crippen molar-refractivity contribution >= 4 is 5.91 Å². The minimum absolute atomic E-state index is 0.000129. The highest BCUT2D eigenvalue weighted by atomic mass is 16.5. The predicted molar refractivity (Wildman–Crippen MR) is 101 cm³/mol. The highest BCUT2D eigenvalue weighted by Crippen LogP contribution is 2.38. The minimum atomic E-state index is -0.277. The van der Waals surface area contributed by atoms with Crippen LogP contribution in [0.1, 0.15) is 47.8 Å². The van der Waals surface area contributed by atoms with E-state index in [2.05, 4.69) is 15.4 Å². The number of nitrogens with one attached hydrogen (secondary N) is 1. The van der Waals surface area contributed by atoms with Crippen molar-refractivity contribution in [1.82, 2.24) is 20.1 Å². The summed E-state index contributed by atoms with van der Waals surface area (Å²) < 4.78 is 6.96. The lowest BCUT2D eigenvalue weighted by Crippen LogP contribution is -2.41. The Morgan fingerprint density at radius 2 is 2.15 bits per heavy atom. The summed E-state index contributed by atoms with van der Waals surface area (Å²) in [5.41, 5.74) is 4.14. The molecule has 1 aliphatic rings. The molecule has 1 aliphatic carbocycles. The average molecular weight is 372 g/mol. The number of ether oxygens (including phenoxy) is 1. The second kappa shape index (κ2) is 8.08. The number of amides is 1. The molecule has 0 spiro atoms. The summed E-state index contributed by atoms with van der Waals surface area (Å²) in [4.78, 5) is 16.9. The Morgan fingerprint density at radius 1 is 1.41 bits per heavy atom. The summed E-state index contributed by atoms with van der Waals surface area (Å²) >= 11 is 0. The maximum Gasteiger partial charge on any atom is 0.220 e. The van der Waals surface area contributed by atoms with E-state index in [4.69, 9.17) is 4.74 Å². The predicted octanol–water partition coefficient (Wildman–Crippen LogP) is 2.00. The number of pyridine rings is 1. The summed E-state index contributed by atoms with van der Waals surface area (Å²) in [6.07, 6.45) is 3.92. The van der Waals surface area contributed by atoms with Gasteiger partial charge in [0.2, 0.25) is 11.8 Å². The molecule has 0 saturated heterocycles. The molecule has 0 unspecified atom stereocenters. The Morgan fingerprint density at radius 3 is 2.67 bits per heavy atom. The maximum absolute atomic E-state index is 12.6. The van der Waals surface area contributed by atoms with Crippen LogP contribution in [0.25, 0.3) is 0 Å². The molecule has 1 saturated carbocycles. The van der Waals surface area contributed by atoms with Crippen LogP contribution < -0.4 is 10.1 Å². The molecule has 2 aromatic heterocycles. The molecule has 0 radical (unpaired) electrons. The second-order valence-corrected chi connectivity index (χ2v) is 7.34. The van der Waals surface area contributed by atoms with Gasteiger partial charge in [-0.15, -0.1) is 0 Å². The molecule has 0 bridgehead atoms. The standard InChI is InChI=1S/C20H28N4O3/c1-12-17(13(2)24(3)23-12)6-7-18(26)22-20(15-9-16(25)10-15)14-5-8-19(27-4)21-11-14/h5,8,11,15-16,20,25H,6-7,9-10H2,1-4H3,(H,22,26)/t15?,16?,20-/m1/s1. The fourth-order valence-electron chi connectivity index (χ4n) is 3.74. The van der Waals surface area contributed by atoms with E-state index in [0.29, 0.717) is 31.6 Å². The minimum Gasteiger partial charge on any atom is -0.481 e. The summed E-state index contributed by atoms with van der Waals surface area (Å²) in [5.74, 6) is 0.765. The Hall–Kier alpha value is -2.41. The molecule has 146 valence electrons. The van der Waals surface area contributed by atoms with Crippen LogP contribution in [0.4, 0.5) is 0 Å². The molecule has 2 N–H and O–H groups in total. The number of aliphatic hydroxyl groups is 1. The van der Waals surface area contributed by atoms with Gasteiger partial charge in [-0.25, -0.2) is 4.98 Å². The molecule has 1 fully saturated rings. The Bertz CT molecular complexity index is 794. The monoisotopic (exact) mass is 372 g/mol. The van der Waals surface area contributed by atoms with Gasteiger partial charge in [-0.2, -0.15) is 5.10 Å². The molecule has 27 heavy (non-hydrogen) atoms. The first-order valence-corrected chi connectivity index (χ1v) is 9.35. The highest BCUT2D eigenvalue weighted by molar-refractivity contribution is 5.76. The van der Waals surface area contributed by atoms with Gasteiger partial charge in [0.25, 0.3) is 0 Å². The Balaban J connectivity index is 1.66. The number of aryl methyl sites for hydroxylation is 2. The third-order valence-electron chi connectivity index (χ3n) is 5.53. The van der Waals surface area contributed by atoms with Crippen LogP contribution in [0.15, 0.2) is 18.3 Å². The first-order chi connectivity index (χ1) is 12.9. The molecule has 0 aromatic carbocycles. The number of methoxy groups -OCH3 is 1. The summed E-state index contributed by atoms with van der Waals surface area (Å²) in [7, 11) is 3.49. The fourth-order valence-corrected chi connectivity index (χ4v) is 3.74. The lowest BCUT2D eigenvalue weighted by molar-refractivity contribution is -0.123. The topological polar surface area (TPSA) is 89.3 Å². The van der Waals surface area contributed by atoms with Crippen LogP contribution in [-0.2, 0) is 18.3 Å². The number of nitrogens with zero attached hydrogens (tertiary/aromatic N) is 3. The van der Waals surface area contributed by atoms with Gasteiger partial charge in [0.05, 0.1) is 24.9 Å². The number of hydrogen-bond acceptors (Lipinski definition) is 5. The zero-order valence-corrected chi connectivity index (χ0v) is 16.4. The first-order valence-electron chi connectivity index (χ1n) is 9.35. The van der Waals surface area contributed by atoms with Crippen molar-refractivity contribution in [3.05, 3.63) is 40.8 Å². The number of carbonyl (C=O) groups is 1. The van der Waals surface area contributed by atoms with E-state index >= 15 is 0 Å². The van der Waals surface area contributed by atoms with Gasteiger partial charge in [0.15, 0.2) is 0 Å². The van der Waals surface area contributed by atoms with E-state index in [0.717, 1.165) is 22.5 Å². The number of carbonyl (C=O) groups excluding carboxylic acids is 1. The van der Waals surface area contributed by atoms with Gasteiger partial charge in [-0.05, 0) is 50.2 Å². The molecular formula is C20H28N4O3. The van der Waals surface area contributed by atoms with Crippen molar-refractivity contribution in [2.75, 3.05) is 7.11 Å². The van der Waals surface area contributed by atoms with Gasteiger partial charge >= 0.3 is 0 Å². The number of hydrogen-bond donors (Lipinski definition) is 2. The van der Waals surface area contributed by atoms with E-state index < -0.39 is 0 Å². The van der Waals surface area contributed by atoms with E-state index in [1.807, 2.05) is 31.6 Å². The largest absolute Gasteiger partial charge is 0.481 e. The van der Waals surface area contributed by atoms with Crippen molar-refractivity contribution in [1.29, 1.82) is 0 Å². The zero-order valence-electron chi connectivity index (χ0n) is 16.4. The smallest absolute Gasteiger partial charge is 0.220 e. The van der Waals surface area contributed by atoms with Gasteiger partial charge in [-0.1, -0.05) is 6.07 Å². The van der Waals surface area contributed by atoms with Crippen LogP contribution in [-0.4, -0.2) is 39.0 Å². The first kappa shape index (κ1) is 19.4. The van der Waals surface area contributed by atoms with Crippen molar-refractivity contribution < 1.29 is 14.6 Å². The third kappa shape index (κ3) is 4.30. The van der Waals surface area contributed by atoms with Crippen LogP contribution in [0, 0.1) is 19.8 Å².